The molecule has 1 aliphatic heterocycles. The van der Waals surface area contributed by atoms with Gasteiger partial charge in [-0.1, -0.05) is 11.8 Å². The maximum atomic E-state index is 14.8. The summed E-state index contributed by atoms with van der Waals surface area (Å²) in [6.07, 6.45) is 1.65. The fourth-order valence-corrected chi connectivity index (χ4v) is 4.61. The Morgan fingerprint density at radius 3 is 2.69 bits per heavy atom. The molecule has 10 heteroatoms. The zero-order valence-electron chi connectivity index (χ0n) is 18.2. The number of ether oxygens (including phenoxy) is 1. The molecule has 1 aliphatic rings. The van der Waals surface area contributed by atoms with Gasteiger partial charge in [-0.15, -0.1) is 10.2 Å². The third-order valence-corrected chi connectivity index (χ3v) is 6.07. The summed E-state index contributed by atoms with van der Waals surface area (Å²) in [5.74, 6) is 0.740. The highest BCUT2D eigenvalue weighted by atomic mass is 32.2. The highest BCUT2D eigenvalue weighted by molar-refractivity contribution is 7.99. The monoisotopic (exact) mass is 459 g/mol. The lowest BCUT2D eigenvalue weighted by molar-refractivity contribution is -0.113. The van der Waals surface area contributed by atoms with Gasteiger partial charge in [-0.2, -0.15) is 0 Å². The number of hydrogen-bond donors (Lipinski definition) is 1. The van der Waals surface area contributed by atoms with Crippen molar-refractivity contribution >= 4 is 29.0 Å². The Morgan fingerprint density at radius 2 is 2.03 bits per heavy atom. The van der Waals surface area contributed by atoms with Gasteiger partial charge in [-0.3, -0.25) is 9.36 Å². The number of nitrogens with one attached hydrogen (secondary N) is 1. The largest absolute Gasteiger partial charge is 0.461 e. The van der Waals surface area contributed by atoms with Crippen LogP contribution in [0, 0.1) is 5.82 Å². The number of furan rings is 1. The SMILES string of the molecule is CCn1c(SCC(=O)Nc2ccc(N3CC(C)OC(C)C3)c(F)c2)nnc1-c1ccco1. The summed E-state index contributed by atoms with van der Waals surface area (Å²) in [4.78, 5) is 14.4. The van der Waals surface area contributed by atoms with Crippen molar-refractivity contribution in [3.05, 3.63) is 42.4 Å². The van der Waals surface area contributed by atoms with E-state index in [4.69, 9.17) is 9.15 Å². The van der Waals surface area contributed by atoms with Crippen LogP contribution in [0.3, 0.4) is 0 Å². The first-order chi connectivity index (χ1) is 15.4. The van der Waals surface area contributed by atoms with E-state index < -0.39 is 0 Å². The number of aromatic nitrogens is 3. The van der Waals surface area contributed by atoms with Gasteiger partial charge >= 0.3 is 0 Å². The number of carbonyl (C=O) groups excluding carboxylic acids is 1. The van der Waals surface area contributed by atoms with E-state index in [1.165, 1.54) is 17.8 Å². The minimum atomic E-state index is -0.370. The van der Waals surface area contributed by atoms with Crippen LogP contribution in [0.25, 0.3) is 11.6 Å². The van der Waals surface area contributed by atoms with Crippen LogP contribution in [0.1, 0.15) is 20.8 Å². The molecule has 0 spiro atoms. The van der Waals surface area contributed by atoms with Crippen molar-refractivity contribution in [2.45, 2.75) is 44.7 Å². The number of benzene rings is 1. The zero-order chi connectivity index (χ0) is 22.7. The molecule has 8 nitrogen and oxygen atoms in total. The van der Waals surface area contributed by atoms with Crippen molar-refractivity contribution in [1.82, 2.24) is 14.8 Å². The van der Waals surface area contributed by atoms with Crippen LogP contribution in [-0.4, -0.2) is 51.7 Å². The number of amides is 1. The van der Waals surface area contributed by atoms with Crippen LogP contribution in [0.4, 0.5) is 15.8 Å². The number of carbonyl (C=O) groups is 1. The summed E-state index contributed by atoms with van der Waals surface area (Å²) < 4.78 is 27.8. The lowest BCUT2D eigenvalue weighted by Gasteiger charge is -2.37. The van der Waals surface area contributed by atoms with Crippen molar-refractivity contribution in [3.63, 3.8) is 0 Å². The summed E-state index contributed by atoms with van der Waals surface area (Å²) in [6.45, 7) is 7.82. The van der Waals surface area contributed by atoms with Gasteiger partial charge in [0.2, 0.25) is 5.91 Å². The van der Waals surface area contributed by atoms with Crippen LogP contribution < -0.4 is 10.2 Å². The predicted molar refractivity (Wildman–Crippen MR) is 121 cm³/mol. The molecule has 0 radical (unpaired) electrons. The Morgan fingerprint density at radius 1 is 1.25 bits per heavy atom. The van der Waals surface area contributed by atoms with Crippen molar-refractivity contribution in [1.29, 1.82) is 0 Å². The predicted octanol–water partition coefficient (Wildman–Crippen LogP) is 4.04. The number of nitrogens with zero attached hydrogens (tertiary/aromatic N) is 4. The van der Waals surface area contributed by atoms with Crippen LogP contribution in [0.15, 0.2) is 46.2 Å². The maximum absolute atomic E-state index is 14.8. The van der Waals surface area contributed by atoms with Gasteiger partial charge in [0.25, 0.3) is 0 Å². The summed E-state index contributed by atoms with van der Waals surface area (Å²) in [7, 11) is 0. The number of hydrogen-bond acceptors (Lipinski definition) is 7. The zero-order valence-corrected chi connectivity index (χ0v) is 19.1. The van der Waals surface area contributed by atoms with Gasteiger partial charge < -0.3 is 19.4 Å². The van der Waals surface area contributed by atoms with E-state index in [9.17, 15) is 9.18 Å². The Balaban J connectivity index is 1.37. The molecule has 170 valence electrons. The summed E-state index contributed by atoms with van der Waals surface area (Å²) in [5.41, 5.74) is 0.931. The Bertz CT molecular complexity index is 1060. The third kappa shape index (κ3) is 4.97. The van der Waals surface area contributed by atoms with Crippen LogP contribution in [0.5, 0.6) is 0 Å². The Labute approximate surface area is 190 Å². The minimum absolute atomic E-state index is 0.0352. The molecular formula is C22H26FN5O3S. The molecule has 3 aromatic rings. The summed E-state index contributed by atoms with van der Waals surface area (Å²) in [5, 5.41) is 11.7. The quantitative estimate of drug-likeness (QED) is 0.534. The molecule has 1 aromatic carbocycles. The third-order valence-electron chi connectivity index (χ3n) is 5.10. The molecule has 2 aromatic heterocycles. The number of halogens is 1. The lowest BCUT2D eigenvalue weighted by Crippen LogP contribution is -2.45. The Hall–Kier alpha value is -2.85. The molecule has 1 amide bonds. The first-order valence-corrected chi connectivity index (χ1v) is 11.5. The second kappa shape index (κ2) is 9.74. The standard InChI is InChI=1S/C22H26FN5O3S/c1-4-28-21(19-6-5-9-30-19)25-26-22(28)32-13-20(29)24-16-7-8-18(17(23)10-16)27-11-14(2)31-15(3)12-27/h5-10,14-15H,4,11-13H2,1-3H3,(H,24,29). The molecule has 2 atom stereocenters. The molecule has 3 heterocycles. The van der Waals surface area contributed by atoms with Crippen LogP contribution in [0.2, 0.25) is 0 Å². The fraction of sp³-hybridized carbons (Fsp3) is 0.409. The summed E-state index contributed by atoms with van der Waals surface area (Å²) >= 11 is 1.27. The average molecular weight is 460 g/mol. The number of anilines is 2. The van der Waals surface area contributed by atoms with E-state index in [0.717, 1.165) is 0 Å². The highest BCUT2D eigenvalue weighted by Gasteiger charge is 2.24. The first-order valence-electron chi connectivity index (χ1n) is 10.5. The maximum Gasteiger partial charge on any atom is 0.234 e. The summed E-state index contributed by atoms with van der Waals surface area (Å²) in [6, 6.07) is 8.37. The normalized spacial score (nSPS) is 18.7. The smallest absolute Gasteiger partial charge is 0.234 e. The average Bonchev–Trinajstić information content (AvgIpc) is 3.41. The molecule has 1 N–H and O–H groups in total. The molecule has 1 fully saturated rings. The molecule has 32 heavy (non-hydrogen) atoms. The molecule has 2 unspecified atom stereocenters. The van der Waals surface area contributed by atoms with Crippen molar-refractivity contribution in [2.24, 2.45) is 0 Å². The molecule has 0 aliphatic carbocycles. The lowest BCUT2D eigenvalue weighted by atomic mass is 10.2. The van der Waals surface area contributed by atoms with E-state index >= 15 is 0 Å². The van der Waals surface area contributed by atoms with Gasteiger partial charge in [0, 0.05) is 25.3 Å². The van der Waals surface area contributed by atoms with E-state index in [1.54, 1.807) is 24.5 Å². The molecule has 0 bridgehead atoms. The van der Waals surface area contributed by atoms with E-state index in [-0.39, 0.29) is 29.7 Å². The van der Waals surface area contributed by atoms with E-state index in [0.29, 0.717) is 47.8 Å². The van der Waals surface area contributed by atoms with Gasteiger partial charge in [0.15, 0.2) is 16.7 Å². The number of thioether (sulfide) groups is 1. The molecule has 1 saturated heterocycles. The van der Waals surface area contributed by atoms with Gasteiger partial charge in [-0.05, 0) is 51.1 Å². The van der Waals surface area contributed by atoms with E-state index in [1.807, 2.05) is 36.3 Å². The van der Waals surface area contributed by atoms with E-state index in [2.05, 4.69) is 15.5 Å². The van der Waals surface area contributed by atoms with Crippen LogP contribution in [-0.2, 0) is 16.1 Å². The topological polar surface area (TPSA) is 85.4 Å². The van der Waals surface area contributed by atoms with Gasteiger partial charge in [0.1, 0.15) is 5.82 Å². The highest BCUT2D eigenvalue weighted by Crippen LogP contribution is 2.27. The van der Waals surface area contributed by atoms with Crippen molar-refractivity contribution in [2.75, 3.05) is 29.1 Å². The Kier molecular flexibility index (Phi) is 6.80. The van der Waals surface area contributed by atoms with Gasteiger partial charge in [0.05, 0.1) is 29.9 Å². The van der Waals surface area contributed by atoms with Gasteiger partial charge in [-0.25, -0.2) is 4.39 Å². The second-order valence-electron chi connectivity index (χ2n) is 7.69. The number of morpholine rings is 1. The molecule has 0 saturated carbocycles. The fourth-order valence-electron chi connectivity index (χ4n) is 3.81. The van der Waals surface area contributed by atoms with Crippen molar-refractivity contribution in [3.8, 4) is 11.6 Å². The molecular weight excluding hydrogens is 433 g/mol. The molecule has 4 rings (SSSR count). The minimum Gasteiger partial charge on any atom is -0.461 e. The second-order valence-corrected chi connectivity index (χ2v) is 8.64. The van der Waals surface area contributed by atoms with Crippen LogP contribution >= 0.6 is 11.8 Å². The first kappa shape index (κ1) is 22.3. The number of rotatable bonds is 7. The van der Waals surface area contributed by atoms with Crippen molar-refractivity contribution < 1.29 is 18.3 Å².